The molecule has 21 heavy (non-hydrogen) atoms. The van der Waals surface area contributed by atoms with Crippen LogP contribution < -0.4 is 5.32 Å². The number of nitrogens with one attached hydrogen (secondary N) is 1. The fourth-order valence-corrected chi connectivity index (χ4v) is 3.84. The summed E-state index contributed by atoms with van der Waals surface area (Å²) < 4.78 is 0.974. The number of thiophene rings is 1. The summed E-state index contributed by atoms with van der Waals surface area (Å²) >= 11 is 2.77. The molecule has 1 amide bonds. The molecule has 1 aromatic carbocycles. The molecule has 0 fully saturated rings. The molecule has 2 heterocycles. The van der Waals surface area contributed by atoms with E-state index in [4.69, 9.17) is 0 Å². The lowest BCUT2D eigenvalue weighted by atomic mass is 10.2. The second-order valence-electron chi connectivity index (χ2n) is 4.54. The zero-order chi connectivity index (χ0) is 15.0. The monoisotopic (exact) mass is 313 g/mol. The van der Waals surface area contributed by atoms with Gasteiger partial charge in [0, 0.05) is 4.88 Å². The van der Waals surface area contributed by atoms with E-state index in [-0.39, 0.29) is 5.91 Å². The van der Waals surface area contributed by atoms with Crippen molar-refractivity contribution in [2.24, 2.45) is 0 Å². The van der Waals surface area contributed by atoms with Crippen molar-refractivity contribution in [3.8, 4) is 6.07 Å². The Morgan fingerprint density at radius 3 is 2.76 bits per heavy atom. The van der Waals surface area contributed by atoms with Crippen LogP contribution in [0, 0.1) is 25.2 Å². The number of rotatable bonds is 2. The van der Waals surface area contributed by atoms with Gasteiger partial charge in [-0.3, -0.25) is 4.79 Å². The van der Waals surface area contributed by atoms with Crippen molar-refractivity contribution < 1.29 is 4.79 Å². The quantitative estimate of drug-likeness (QED) is 0.774. The Kier molecular flexibility index (Phi) is 3.45. The van der Waals surface area contributed by atoms with Crippen LogP contribution in [0.25, 0.3) is 10.2 Å². The van der Waals surface area contributed by atoms with E-state index in [2.05, 4.69) is 16.4 Å². The van der Waals surface area contributed by atoms with Crippen molar-refractivity contribution >= 4 is 43.8 Å². The predicted molar refractivity (Wildman–Crippen MR) is 86.1 cm³/mol. The van der Waals surface area contributed by atoms with Crippen LogP contribution in [-0.4, -0.2) is 10.9 Å². The summed E-state index contributed by atoms with van der Waals surface area (Å²) in [5, 5.41) is 13.0. The van der Waals surface area contributed by atoms with E-state index >= 15 is 0 Å². The van der Waals surface area contributed by atoms with E-state index in [0.29, 0.717) is 15.6 Å². The summed E-state index contributed by atoms with van der Waals surface area (Å²) in [6.07, 6.45) is 0. The highest BCUT2D eigenvalue weighted by Crippen LogP contribution is 2.32. The van der Waals surface area contributed by atoms with Gasteiger partial charge in [0.25, 0.3) is 5.91 Å². The molecule has 6 heteroatoms. The first-order valence-electron chi connectivity index (χ1n) is 6.27. The molecule has 0 saturated heterocycles. The third-order valence-electron chi connectivity index (χ3n) is 3.21. The number of amides is 1. The SMILES string of the molecule is Cc1sc(NC(=O)c2nc3ccccc3s2)c(C#N)c1C. The molecule has 1 N–H and O–H groups in total. The van der Waals surface area contributed by atoms with Crippen molar-refractivity contribution in [3.05, 3.63) is 45.3 Å². The maximum absolute atomic E-state index is 12.3. The Morgan fingerprint density at radius 1 is 1.29 bits per heavy atom. The van der Waals surface area contributed by atoms with Crippen molar-refractivity contribution in [2.75, 3.05) is 5.32 Å². The first kappa shape index (κ1) is 13.7. The first-order valence-corrected chi connectivity index (χ1v) is 7.90. The molecule has 0 aliphatic carbocycles. The van der Waals surface area contributed by atoms with Gasteiger partial charge in [0.1, 0.15) is 11.1 Å². The van der Waals surface area contributed by atoms with Crippen LogP contribution in [0.1, 0.15) is 25.8 Å². The standard InChI is InChI=1S/C15H11N3OS2/c1-8-9(2)20-14(10(8)7-16)18-13(19)15-17-11-5-3-4-6-12(11)21-15/h3-6H,1-2H3,(H,18,19). The number of aromatic nitrogens is 1. The molecule has 0 unspecified atom stereocenters. The van der Waals surface area contributed by atoms with Crippen LogP contribution >= 0.6 is 22.7 Å². The lowest BCUT2D eigenvalue weighted by Gasteiger charge is -1.99. The van der Waals surface area contributed by atoms with Gasteiger partial charge in [-0.05, 0) is 31.5 Å². The number of hydrogen-bond acceptors (Lipinski definition) is 5. The molecule has 3 aromatic rings. The van der Waals surface area contributed by atoms with Gasteiger partial charge in [0.15, 0.2) is 5.01 Å². The van der Waals surface area contributed by atoms with Gasteiger partial charge in [0.05, 0.1) is 15.8 Å². The number of benzene rings is 1. The van der Waals surface area contributed by atoms with Crippen molar-refractivity contribution in [2.45, 2.75) is 13.8 Å². The fourth-order valence-electron chi connectivity index (χ4n) is 1.98. The Labute approximate surface area is 129 Å². The molecule has 0 bridgehead atoms. The summed E-state index contributed by atoms with van der Waals surface area (Å²) in [6, 6.07) is 9.77. The molecule has 0 aliphatic heterocycles. The zero-order valence-electron chi connectivity index (χ0n) is 11.4. The lowest BCUT2D eigenvalue weighted by molar-refractivity contribution is 0.102. The molecule has 0 saturated carbocycles. The van der Waals surface area contributed by atoms with Crippen LogP contribution in [-0.2, 0) is 0 Å². The minimum Gasteiger partial charge on any atom is -0.310 e. The van der Waals surface area contributed by atoms with Gasteiger partial charge in [-0.2, -0.15) is 5.26 Å². The zero-order valence-corrected chi connectivity index (χ0v) is 13.1. The molecule has 0 spiro atoms. The summed E-state index contributed by atoms with van der Waals surface area (Å²) in [4.78, 5) is 17.7. The maximum atomic E-state index is 12.3. The van der Waals surface area contributed by atoms with Crippen LogP contribution in [0.4, 0.5) is 5.00 Å². The number of carbonyl (C=O) groups is 1. The third-order valence-corrected chi connectivity index (χ3v) is 5.37. The molecule has 3 rings (SSSR count). The van der Waals surface area contributed by atoms with E-state index in [0.717, 1.165) is 20.7 Å². The Balaban J connectivity index is 1.93. The van der Waals surface area contributed by atoms with E-state index in [1.807, 2.05) is 38.1 Å². The van der Waals surface area contributed by atoms with Crippen LogP contribution in [0.2, 0.25) is 0 Å². The fraction of sp³-hybridized carbons (Fsp3) is 0.133. The lowest BCUT2D eigenvalue weighted by Crippen LogP contribution is -2.11. The van der Waals surface area contributed by atoms with Crippen molar-refractivity contribution in [1.82, 2.24) is 4.98 Å². The highest BCUT2D eigenvalue weighted by Gasteiger charge is 2.17. The highest BCUT2D eigenvalue weighted by molar-refractivity contribution is 7.20. The van der Waals surface area contributed by atoms with Crippen LogP contribution in [0.15, 0.2) is 24.3 Å². The normalized spacial score (nSPS) is 10.5. The van der Waals surface area contributed by atoms with Gasteiger partial charge in [-0.15, -0.1) is 22.7 Å². The van der Waals surface area contributed by atoms with Crippen LogP contribution in [0.5, 0.6) is 0 Å². The summed E-state index contributed by atoms with van der Waals surface area (Å²) in [5.41, 5.74) is 2.26. The number of carbonyl (C=O) groups excluding carboxylic acids is 1. The second-order valence-corrected chi connectivity index (χ2v) is 6.80. The highest BCUT2D eigenvalue weighted by atomic mass is 32.1. The summed E-state index contributed by atoms with van der Waals surface area (Å²) in [5.74, 6) is -0.269. The predicted octanol–water partition coefficient (Wildman–Crippen LogP) is 4.10. The van der Waals surface area contributed by atoms with Crippen molar-refractivity contribution in [3.63, 3.8) is 0 Å². The van der Waals surface area contributed by atoms with Crippen LogP contribution in [0.3, 0.4) is 0 Å². The summed E-state index contributed by atoms with van der Waals surface area (Å²) in [7, 11) is 0. The molecule has 104 valence electrons. The average Bonchev–Trinajstić information content (AvgIpc) is 3.01. The Morgan fingerprint density at radius 2 is 2.05 bits per heavy atom. The number of hydrogen-bond donors (Lipinski definition) is 1. The minimum absolute atomic E-state index is 0.269. The minimum atomic E-state index is -0.269. The number of thiazole rings is 1. The van der Waals surface area contributed by atoms with Gasteiger partial charge in [-0.1, -0.05) is 12.1 Å². The number of nitriles is 1. The third kappa shape index (κ3) is 2.42. The Hall–Kier alpha value is -2.23. The number of aryl methyl sites for hydroxylation is 1. The first-order chi connectivity index (χ1) is 10.1. The van der Waals surface area contributed by atoms with Gasteiger partial charge in [-0.25, -0.2) is 4.98 Å². The second kappa shape index (κ2) is 5.28. The molecule has 0 aliphatic rings. The van der Waals surface area contributed by atoms with E-state index in [9.17, 15) is 10.1 Å². The topological polar surface area (TPSA) is 65.8 Å². The van der Waals surface area contributed by atoms with Crippen molar-refractivity contribution in [1.29, 1.82) is 5.26 Å². The van der Waals surface area contributed by atoms with E-state index in [1.165, 1.54) is 22.7 Å². The number of para-hydroxylation sites is 1. The van der Waals surface area contributed by atoms with E-state index < -0.39 is 0 Å². The smallest absolute Gasteiger partial charge is 0.285 e. The van der Waals surface area contributed by atoms with E-state index in [1.54, 1.807) is 0 Å². The molecular weight excluding hydrogens is 302 g/mol. The molecule has 2 aromatic heterocycles. The molecule has 4 nitrogen and oxygen atoms in total. The van der Waals surface area contributed by atoms with Gasteiger partial charge in [0.2, 0.25) is 0 Å². The number of anilines is 1. The van der Waals surface area contributed by atoms with Gasteiger partial charge < -0.3 is 5.32 Å². The largest absolute Gasteiger partial charge is 0.310 e. The molecular formula is C15H11N3OS2. The number of nitrogens with zero attached hydrogens (tertiary/aromatic N) is 2. The maximum Gasteiger partial charge on any atom is 0.285 e. The number of fused-ring (bicyclic) bond motifs is 1. The summed E-state index contributed by atoms with van der Waals surface area (Å²) in [6.45, 7) is 3.83. The van der Waals surface area contributed by atoms with Gasteiger partial charge >= 0.3 is 0 Å². The molecule has 0 atom stereocenters. The average molecular weight is 313 g/mol. The molecule has 0 radical (unpaired) electrons. The Bertz CT molecular complexity index is 853.